The Balaban J connectivity index is 1.57. The van der Waals surface area contributed by atoms with Crippen LogP contribution in [0.15, 0.2) is 59.5 Å². The number of sulfonamides is 1. The highest BCUT2D eigenvalue weighted by Crippen LogP contribution is 2.27. The zero-order valence-electron chi connectivity index (χ0n) is 20.9. The van der Waals surface area contributed by atoms with Gasteiger partial charge in [0.25, 0.3) is 15.9 Å². The molecule has 0 heterocycles. The lowest BCUT2D eigenvalue weighted by atomic mass is 9.88. The van der Waals surface area contributed by atoms with Crippen LogP contribution in [0, 0.1) is 20.8 Å². The molecule has 1 atom stereocenters. The van der Waals surface area contributed by atoms with E-state index in [2.05, 4.69) is 28.2 Å². The van der Waals surface area contributed by atoms with Crippen LogP contribution in [0.1, 0.15) is 76.0 Å². The van der Waals surface area contributed by atoms with Crippen LogP contribution in [-0.4, -0.2) is 14.3 Å². The Morgan fingerprint density at radius 3 is 2.34 bits per heavy atom. The molecule has 1 amide bonds. The van der Waals surface area contributed by atoms with Crippen molar-refractivity contribution >= 4 is 21.6 Å². The van der Waals surface area contributed by atoms with Gasteiger partial charge in [-0.05, 0) is 98.9 Å². The number of amides is 1. The number of aryl methyl sites for hydroxylation is 5. The highest BCUT2D eigenvalue weighted by Gasteiger charge is 2.22. The maximum Gasteiger partial charge on any atom is 0.262 e. The van der Waals surface area contributed by atoms with Crippen LogP contribution in [0.4, 0.5) is 5.69 Å². The highest BCUT2D eigenvalue weighted by molar-refractivity contribution is 7.92. The fraction of sp³-hybridized carbons (Fsp3) is 0.345. The van der Waals surface area contributed by atoms with Crippen LogP contribution in [0.25, 0.3) is 0 Å². The first kappa shape index (κ1) is 25.0. The third-order valence-electron chi connectivity index (χ3n) is 6.85. The van der Waals surface area contributed by atoms with Crippen molar-refractivity contribution in [3.05, 3.63) is 93.5 Å². The number of hydrogen-bond acceptors (Lipinski definition) is 3. The molecule has 1 aliphatic carbocycles. The largest absolute Gasteiger partial charge is 0.345 e. The molecule has 4 rings (SSSR count). The quantitative estimate of drug-likeness (QED) is 0.416. The topological polar surface area (TPSA) is 75.3 Å². The van der Waals surface area contributed by atoms with E-state index in [9.17, 15) is 13.2 Å². The Kier molecular flexibility index (Phi) is 7.31. The second-order valence-corrected chi connectivity index (χ2v) is 11.2. The summed E-state index contributed by atoms with van der Waals surface area (Å²) >= 11 is 0. The second kappa shape index (κ2) is 10.2. The van der Waals surface area contributed by atoms with Crippen LogP contribution >= 0.6 is 0 Å². The summed E-state index contributed by atoms with van der Waals surface area (Å²) in [5.41, 5.74) is 7.23. The summed E-state index contributed by atoms with van der Waals surface area (Å²) < 4.78 is 29.1. The van der Waals surface area contributed by atoms with Gasteiger partial charge in [-0.2, -0.15) is 0 Å². The standard InChI is InChI=1S/C29H34N2O3S/c1-5-26(24-14-13-22-8-6-7-9-23(22)17-24)30-29(32)25-12-11-20(3)28(18-25)35(33,34)31-27-15-10-19(2)16-21(27)4/h10-18,26,31H,5-9H2,1-4H3,(H,30,32). The number of fused-ring (bicyclic) bond motifs is 1. The first-order valence-electron chi connectivity index (χ1n) is 12.3. The molecule has 0 saturated heterocycles. The van der Waals surface area contributed by atoms with Gasteiger partial charge in [0.2, 0.25) is 0 Å². The molecule has 0 bridgehead atoms. The molecular formula is C29H34N2O3S. The van der Waals surface area contributed by atoms with Gasteiger partial charge in [0.1, 0.15) is 0 Å². The van der Waals surface area contributed by atoms with Crippen molar-refractivity contribution in [1.82, 2.24) is 5.32 Å². The van der Waals surface area contributed by atoms with E-state index in [4.69, 9.17) is 0 Å². The summed E-state index contributed by atoms with van der Waals surface area (Å²) in [5.74, 6) is -0.280. The minimum absolute atomic E-state index is 0.104. The Morgan fingerprint density at radius 2 is 1.63 bits per heavy atom. The normalized spacial score (nSPS) is 14.2. The smallest absolute Gasteiger partial charge is 0.262 e. The van der Waals surface area contributed by atoms with Gasteiger partial charge < -0.3 is 5.32 Å². The van der Waals surface area contributed by atoms with Crippen molar-refractivity contribution < 1.29 is 13.2 Å². The molecule has 1 unspecified atom stereocenters. The van der Waals surface area contributed by atoms with Crippen LogP contribution in [0.2, 0.25) is 0 Å². The number of carbonyl (C=O) groups is 1. The Morgan fingerprint density at radius 1 is 0.886 bits per heavy atom. The van der Waals surface area contributed by atoms with Crippen molar-refractivity contribution in [1.29, 1.82) is 0 Å². The predicted molar refractivity (Wildman–Crippen MR) is 141 cm³/mol. The third-order valence-corrected chi connectivity index (χ3v) is 8.36. The van der Waals surface area contributed by atoms with Crippen molar-refractivity contribution in [3.8, 4) is 0 Å². The van der Waals surface area contributed by atoms with Crippen LogP contribution in [0.5, 0.6) is 0 Å². The molecule has 3 aromatic rings. The Bertz CT molecular complexity index is 1360. The summed E-state index contributed by atoms with van der Waals surface area (Å²) in [6.07, 6.45) is 5.39. The van der Waals surface area contributed by atoms with E-state index in [1.807, 2.05) is 32.9 Å². The van der Waals surface area contributed by atoms with Gasteiger partial charge in [-0.15, -0.1) is 0 Å². The summed E-state index contributed by atoms with van der Waals surface area (Å²) in [7, 11) is -3.86. The van der Waals surface area contributed by atoms with E-state index < -0.39 is 10.0 Å². The molecule has 5 nitrogen and oxygen atoms in total. The molecule has 3 aromatic carbocycles. The van der Waals surface area contributed by atoms with Crippen molar-refractivity contribution in [3.63, 3.8) is 0 Å². The summed E-state index contributed by atoms with van der Waals surface area (Å²) in [5, 5.41) is 3.12. The number of anilines is 1. The molecule has 0 fully saturated rings. The average Bonchev–Trinajstić information content (AvgIpc) is 2.84. The summed E-state index contributed by atoms with van der Waals surface area (Å²) in [4.78, 5) is 13.3. The minimum Gasteiger partial charge on any atom is -0.345 e. The number of nitrogens with one attached hydrogen (secondary N) is 2. The lowest BCUT2D eigenvalue weighted by Crippen LogP contribution is -2.28. The van der Waals surface area contributed by atoms with E-state index in [-0.39, 0.29) is 16.8 Å². The zero-order chi connectivity index (χ0) is 25.2. The van der Waals surface area contributed by atoms with Gasteiger partial charge in [-0.1, -0.05) is 48.9 Å². The molecule has 6 heteroatoms. The number of benzene rings is 3. The van der Waals surface area contributed by atoms with E-state index in [1.165, 1.54) is 30.0 Å². The molecular weight excluding hydrogens is 456 g/mol. The molecule has 0 aromatic heterocycles. The average molecular weight is 491 g/mol. The van der Waals surface area contributed by atoms with E-state index in [1.54, 1.807) is 25.1 Å². The maximum atomic E-state index is 13.2. The summed E-state index contributed by atoms with van der Waals surface area (Å²) in [6.45, 7) is 7.61. The Labute approximate surface area is 209 Å². The molecule has 0 spiro atoms. The second-order valence-electron chi connectivity index (χ2n) is 9.57. The van der Waals surface area contributed by atoms with Gasteiger partial charge in [0.15, 0.2) is 0 Å². The van der Waals surface area contributed by atoms with Gasteiger partial charge in [-0.3, -0.25) is 9.52 Å². The fourth-order valence-electron chi connectivity index (χ4n) is 4.79. The van der Waals surface area contributed by atoms with Crippen LogP contribution in [-0.2, 0) is 22.9 Å². The molecule has 1 aliphatic rings. The molecule has 0 aliphatic heterocycles. The SMILES string of the molecule is CCC(NC(=O)c1ccc(C)c(S(=O)(=O)Nc2ccc(C)cc2C)c1)c1ccc2c(c1)CCCC2. The van der Waals surface area contributed by atoms with Crippen molar-refractivity contribution in [2.75, 3.05) is 4.72 Å². The van der Waals surface area contributed by atoms with Crippen LogP contribution < -0.4 is 10.0 Å². The van der Waals surface area contributed by atoms with Gasteiger partial charge >= 0.3 is 0 Å². The van der Waals surface area contributed by atoms with Gasteiger partial charge in [-0.25, -0.2) is 8.42 Å². The first-order valence-corrected chi connectivity index (χ1v) is 13.8. The maximum absolute atomic E-state index is 13.2. The van der Waals surface area contributed by atoms with Crippen molar-refractivity contribution in [2.24, 2.45) is 0 Å². The lowest BCUT2D eigenvalue weighted by molar-refractivity contribution is 0.0935. The molecule has 35 heavy (non-hydrogen) atoms. The molecule has 184 valence electrons. The van der Waals surface area contributed by atoms with Crippen molar-refractivity contribution in [2.45, 2.75) is 70.7 Å². The van der Waals surface area contributed by atoms with E-state index >= 15 is 0 Å². The number of rotatable bonds is 7. The molecule has 2 N–H and O–H groups in total. The monoisotopic (exact) mass is 490 g/mol. The molecule has 0 saturated carbocycles. The predicted octanol–water partition coefficient (Wildman–Crippen LogP) is 6.17. The Hall–Kier alpha value is -3.12. The summed E-state index contributed by atoms with van der Waals surface area (Å²) in [6, 6.07) is 16.8. The van der Waals surface area contributed by atoms with E-state index in [0.29, 0.717) is 16.8 Å². The van der Waals surface area contributed by atoms with Gasteiger partial charge in [0, 0.05) is 5.56 Å². The van der Waals surface area contributed by atoms with Crippen LogP contribution in [0.3, 0.4) is 0 Å². The zero-order valence-corrected chi connectivity index (χ0v) is 21.8. The fourth-order valence-corrected chi connectivity index (χ4v) is 6.19. The highest BCUT2D eigenvalue weighted by atomic mass is 32.2. The first-order chi connectivity index (χ1) is 16.7. The number of carbonyl (C=O) groups excluding carboxylic acids is 1. The minimum atomic E-state index is -3.86. The van der Waals surface area contributed by atoms with E-state index in [0.717, 1.165) is 36.0 Å². The lowest BCUT2D eigenvalue weighted by Gasteiger charge is -2.22. The third kappa shape index (κ3) is 5.59. The number of hydrogen-bond donors (Lipinski definition) is 2. The van der Waals surface area contributed by atoms with Gasteiger partial charge in [0.05, 0.1) is 16.6 Å². The molecule has 0 radical (unpaired) electrons.